The molecule has 0 aliphatic carbocycles. The SMILES string of the molecule is CCc1nc(CN2CCC(N3CCCC(C(=O)NCCOC)C3)CC2)no1. The third-order valence-electron chi connectivity index (χ3n) is 5.68. The van der Waals surface area contributed by atoms with E-state index in [1.54, 1.807) is 7.11 Å². The van der Waals surface area contributed by atoms with E-state index in [0.717, 1.165) is 70.7 Å². The van der Waals surface area contributed by atoms with E-state index in [-0.39, 0.29) is 11.8 Å². The first kappa shape index (κ1) is 20.2. The van der Waals surface area contributed by atoms with E-state index in [1.165, 1.54) is 0 Å². The fraction of sp³-hybridized carbons (Fsp3) is 0.842. The summed E-state index contributed by atoms with van der Waals surface area (Å²) in [4.78, 5) is 21.7. The number of piperidine rings is 2. The van der Waals surface area contributed by atoms with Gasteiger partial charge >= 0.3 is 0 Å². The summed E-state index contributed by atoms with van der Waals surface area (Å²) in [6.45, 7) is 8.03. The van der Waals surface area contributed by atoms with Crippen molar-refractivity contribution in [2.75, 3.05) is 46.4 Å². The van der Waals surface area contributed by atoms with E-state index < -0.39 is 0 Å². The lowest BCUT2D eigenvalue weighted by atomic mass is 9.93. The highest BCUT2D eigenvalue weighted by Gasteiger charge is 2.31. The second-order valence-corrected chi connectivity index (χ2v) is 7.58. The first-order chi connectivity index (χ1) is 13.2. The minimum absolute atomic E-state index is 0.112. The third kappa shape index (κ3) is 5.73. The van der Waals surface area contributed by atoms with Crippen LogP contribution in [0.4, 0.5) is 0 Å². The second-order valence-electron chi connectivity index (χ2n) is 7.58. The molecule has 3 heterocycles. The van der Waals surface area contributed by atoms with Crippen molar-refractivity contribution in [1.29, 1.82) is 0 Å². The van der Waals surface area contributed by atoms with Crippen LogP contribution in [0.5, 0.6) is 0 Å². The molecule has 2 aliphatic rings. The average Bonchev–Trinajstić information content (AvgIpc) is 3.16. The van der Waals surface area contributed by atoms with Gasteiger partial charge in [0.2, 0.25) is 11.8 Å². The largest absolute Gasteiger partial charge is 0.383 e. The fourth-order valence-corrected chi connectivity index (χ4v) is 4.11. The molecule has 0 aromatic carbocycles. The Morgan fingerprint density at radius 3 is 2.81 bits per heavy atom. The molecule has 8 heteroatoms. The Morgan fingerprint density at radius 1 is 1.30 bits per heavy atom. The maximum atomic E-state index is 12.4. The highest BCUT2D eigenvalue weighted by Crippen LogP contribution is 2.24. The molecule has 1 atom stereocenters. The lowest BCUT2D eigenvalue weighted by Gasteiger charge is -2.41. The third-order valence-corrected chi connectivity index (χ3v) is 5.68. The minimum atomic E-state index is 0.112. The number of ether oxygens (including phenoxy) is 1. The van der Waals surface area contributed by atoms with Gasteiger partial charge < -0.3 is 14.6 Å². The van der Waals surface area contributed by atoms with Gasteiger partial charge in [0, 0.05) is 45.8 Å². The van der Waals surface area contributed by atoms with Crippen molar-refractivity contribution in [2.45, 2.75) is 51.6 Å². The minimum Gasteiger partial charge on any atom is -0.383 e. The molecule has 2 fully saturated rings. The van der Waals surface area contributed by atoms with Gasteiger partial charge in [-0.15, -0.1) is 0 Å². The molecule has 0 radical (unpaired) electrons. The van der Waals surface area contributed by atoms with Crippen LogP contribution in [0.3, 0.4) is 0 Å². The van der Waals surface area contributed by atoms with Gasteiger partial charge in [-0.2, -0.15) is 4.98 Å². The maximum Gasteiger partial charge on any atom is 0.226 e. The normalized spacial score (nSPS) is 22.8. The lowest BCUT2D eigenvalue weighted by Crippen LogP contribution is -2.50. The Hall–Kier alpha value is -1.51. The number of carbonyl (C=O) groups is 1. The molecule has 27 heavy (non-hydrogen) atoms. The molecule has 1 aromatic heterocycles. The molecule has 2 saturated heterocycles. The molecule has 2 aliphatic heterocycles. The van der Waals surface area contributed by atoms with Crippen molar-refractivity contribution >= 4 is 5.91 Å². The summed E-state index contributed by atoms with van der Waals surface area (Å²) in [5, 5.41) is 7.05. The van der Waals surface area contributed by atoms with Crippen LogP contribution in [-0.2, 0) is 22.5 Å². The zero-order chi connectivity index (χ0) is 19.1. The molecule has 0 bridgehead atoms. The van der Waals surface area contributed by atoms with Crippen LogP contribution in [0.15, 0.2) is 4.52 Å². The number of nitrogens with one attached hydrogen (secondary N) is 1. The summed E-state index contributed by atoms with van der Waals surface area (Å²) in [7, 11) is 1.66. The number of rotatable bonds is 8. The predicted molar refractivity (Wildman–Crippen MR) is 101 cm³/mol. The van der Waals surface area contributed by atoms with Crippen LogP contribution >= 0.6 is 0 Å². The highest BCUT2D eigenvalue weighted by atomic mass is 16.5. The number of nitrogens with zero attached hydrogens (tertiary/aromatic N) is 4. The monoisotopic (exact) mass is 379 g/mol. The van der Waals surface area contributed by atoms with E-state index in [1.807, 2.05) is 6.92 Å². The Morgan fingerprint density at radius 2 is 2.11 bits per heavy atom. The molecular formula is C19H33N5O3. The predicted octanol–water partition coefficient (Wildman–Crippen LogP) is 1.07. The Labute approximate surface area is 161 Å². The molecule has 152 valence electrons. The van der Waals surface area contributed by atoms with E-state index in [4.69, 9.17) is 9.26 Å². The topological polar surface area (TPSA) is 83.7 Å². The number of hydrogen-bond donors (Lipinski definition) is 1. The van der Waals surface area contributed by atoms with E-state index in [2.05, 4.69) is 25.3 Å². The van der Waals surface area contributed by atoms with Gasteiger partial charge in [-0.25, -0.2) is 0 Å². The molecule has 3 rings (SSSR count). The van der Waals surface area contributed by atoms with Crippen LogP contribution in [0.25, 0.3) is 0 Å². The molecule has 0 spiro atoms. The van der Waals surface area contributed by atoms with Crippen LogP contribution < -0.4 is 5.32 Å². The molecule has 1 unspecified atom stereocenters. The summed E-state index contributed by atoms with van der Waals surface area (Å²) in [5.74, 6) is 1.79. The number of hydrogen-bond acceptors (Lipinski definition) is 7. The molecule has 0 saturated carbocycles. The summed E-state index contributed by atoms with van der Waals surface area (Å²) in [6.07, 6.45) is 5.15. The Bertz CT molecular complexity index is 586. The van der Waals surface area contributed by atoms with E-state index in [9.17, 15) is 4.79 Å². The summed E-state index contributed by atoms with van der Waals surface area (Å²) >= 11 is 0. The second kappa shape index (κ2) is 10.1. The van der Waals surface area contributed by atoms with Crippen molar-refractivity contribution in [3.05, 3.63) is 11.7 Å². The van der Waals surface area contributed by atoms with Crippen molar-refractivity contribution in [3.8, 4) is 0 Å². The smallest absolute Gasteiger partial charge is 0.226 e. The summed E-state index contributed by atoms with van der Waals surface area (Å²) < 4.78 is 10.2. The van der Waals surface area contributed by atoms with Gasteiger partial charge in [-0.05, 0) is 32.2 Å². The zero-order valence-corrected chi connectivity index (χ0v) is 16.7. The molecule has 1 aromatic rings. The van der Waals surface area contributed by atoms with E-state index >= 15 is 0 Å². The number of aromatic nitrogens is 2. The molecule has 8 nitrogen and oxygen atoms in total. The highest BCUT2D eigenvalue weighted by molar-refractivity contribution is 5.78. The number of methoxy groups -OCH3 is 1. The first-order valence-corrected chi connectivity index (χ1v) is 10.2. The van der Waals surface area contributed by atoms with Crippen molar-refractivity contribution in [2.24, 2.45) is 5.92 Å². The number of amides is 1. The Balaban J connectivity index is 1.42. The van der Waals surface area contributed by atoms with Gasteiger partial charge in [0.25, 0.3) is 0 Å². The fourth-order valence-electron chi connectivity index (χ4n) is 4.11. The average molecular weight is 380 g/mol. The molecule has 1 N–H and O–H groups in total. The van der Waals surface area contributed by atoms with Crippen molar-refractivity contribution < 1.29 is 14.1 Å². The standard InChI is InChI=1S/C19H33N5O3/c1-3-18-21-17(22-27-18)14-23-10-6-16(7-11-23)24-9-4-5-15(13-24)19(25)20-8-12-26-2/h15-16H,3-14H2,1-2H3,(H,20,25). The summed E-state index contributed by atoms with van der Waals surface area (Å²) in [5.41, 5.74) is 0. The quantitative estimate of drug-likeness (QED) is 0.677. The maximum absolute atomic E-state index is 12.4. The molecular weight excluding hydrogens is 346 g/mol. The number of aryl methyl sites for hydroxylation is 1. The molecule has 1 amide bonds. The number of carbonyl (C=O) groups excluding carboxylic acids is 1. The van der Waals surface area contributed by atoms with Crippen molar-refractivity contribution in [1.82, 2.24) is 25.3 Å². The zero-order valence-electron chi connectivity index (χ0n) is 16.7. The van der Waals surface area contributed by atoms with Gasteiger partial charge in [0.05, 0.1) is 19.1 Å². The van der Waals surface area contributed by atoms with Gasteiger partial charge in [0.1, 0.15) is 0 Å². The van der Waals surface area contributed by atoms with Crippen LogP contribution in [-0.4, -0.2) is 78.3 Å². The van der Waals surface area contributed by atoms with Gasteiger partial charge in [-0.3, -0.25) is 14.6 Å². The number of likely N-dealkylation sites (tertiary alicyclic amines) is 2. The lowest BCUT2D eigenvalue weighted by molar-refractivity contribution is -0.127. The van der Waals surface area contributed by atoms with Crippen LogP contribution in [0, 0.1) is 5.92 Å². The van der Waals surface area contributed by atoms with Crippen molar-refractivity contribution in [3.63, 3.8) is 0 Å². The Kier molecular flexibility index (Phi) is 7.60. The first-order valence-electron chi connectivity index (χ1n) is 10.2. The van der Waals surface area contributed by atoms with Gasteiger partial charge in [-0.1, -0.05) is 12.1 Å². The van der Waals surface area contributed by atoms with E-state index in [0.29, 0.717) is 25.1 Å². The van der Waals surface area contributed by atoms with Crippen LogP contribution in [0.2, 0.25) is 0 Å². The van der Waals surface area contributed by atoms with Crippen LogP contribution in [0.1, 0.15) is 44.3 Å². The van der Waals surface area contributed by atoms with Gasteiger partial charge in [0.15, 0.2) is 5.82 Å². The summed E-state index contributed by atoms with van der Waals surface area (Å²) in [6, 6.07) is 0.576.